The number of benzene rings is 6. The van der Waals surface area contributed by atoms with Gasteiger partial charge < -0.3 is 38.3 Å². The molecule has 6 aromatic rings. The van der Waals surface area contributed by atoms with Crippen molar-refractivity contribution < 1.29 is 76.6 Å². The van der Waals surface area contributed by atoms with E-state index in [9.17, 15) is 28.8 Å². The molecule has 1 aliphatic heterocycles. The van der Waals surface area contributed by atoms with Gasteiger partial charge >= 0.3 is 30.0 Å². The number of ketones is 2. The number of phenolic OH excluding ortho intramolecular Hbond substituents is 1. The second kappa shape index (κ2) is 58.1. The molecule has 0 saturated carbocycles. The number of hydrogen-bond acceptors (Lipinski definition) is 16. The highest BCUT2D eigenvalue weighted by atomic mass is 16.7. The van der Waals surface area contributed by atoms with Crippen molar-refractivity contribution in [3.8, 4) is 5.75 Å². The largest absolute Gasteiger partial charge is 0.508 e. The van der Waals surface area contributed by atoms with Crippen LogP contribution < -0.4 is 0 Å². The minimum absolute atomic E-state index is 0.0104. The number of methoxy groups -OCH3 is 2. The van der Waals surface area contributed by atoms with Crippen molar-refractivity contribution in [2.75, 3.05) is 34.2 Å². The van der Waals surface area contributed by atoms with Crippen LogP contribution in [0.4, 0.5) is 0 Å². The molecule has 1 heterocycles. The van der Waals surface area contributed by atoms with Gasteiger partial charge in [-0.25, -0.2) is 0 Å². The van der Waals surface area contributed by atoms with Gasteiger partial charge in [0.05, 0.1) is 30.3 Å². The van der Waals surface area contributed by atoms with Gasteiger partial charge in [0.1, 0.15) is 5.75 Å². The predicted molar refractivity (Wildman–Crippen MR) is 482 cm³/mol. The van der Waals surface area contributed by atoms with E-state index in [4.69, 9.17) is 38.4 Å². The van der Waals surface area contributed by atoms with Crippen LogP contribution in [0.1, 0.15) is 314 Å². The van der Waals surface area contributed by atoms with Gasteiger partial charge in [-0.3, -0.25) is 28.8 Å². The van der Waals surface area contributed by atoms with Gasteiger partial charge in [-0.2, -0.15) is 9.59 Å². The molecule has 0 aliphatic carbocycles. The normalized spacial score (nSPS) is 13.1. The van der Waals surface area contributed by atoms with Crippen LogP contribution in [-0.2, 0) is 72.8 Å². The minimum atomic E-state index is -0.421. The van der Waals surface area contributed by atoms with Crippen LogP contribution in [0.3, 0.4) is 0 Å². The number of esters is 4. The summed E-state index contributed by atoms with van der Waals surface area (Å²) in [5.41, 5.74) is 5.72. The molecule has 16 nitrogen and oxygen atoms in total. The topological polar surface area (TPSA) is 221 Å². The zero-order valence-corrected chi connectivity index (χ0v) is 79.8. The lowest BCUT2D eigenvalue weighted by molar-refractivity contribution is -0.192. The molecule has 0 spiro atoms. The molecule has 1 aliphatic rings. The van der Waals surface area contributed by atoms with E-state index in [1.54, 1.807) is 60.6 Å². The molecular weight excluding hydrogens is 1460 g/mol. The van der Waals surface area contributed by atoms with Crippen molar-refractivity contribution in [1.82, 2.24) is 0 Å². The lowest BCUT2D eigenvalue weighted by Gasteiger charge is -2.31. The molecule has 3 atom stereocenters. The summed E-state index contributed by atoms with van der Waals surface area (Å²) in [6, 6.07) is 45.9. The summed E-state index contributed by atoms with van der Waals surface area (Å²) < 4.78 is 34.1. The standard InChI is InChI=1S/C15H16O.C14H16.C11H14O.C10H14O.C9H18O3.C9H16O2.C8H16O3.C6H12O3.2C6H14.C5H12.CO2/c1-15(2,3)14(16)13-10-6-8-11-7-4-5-9-12(11)13;1-14(2,3)13-9-8-11-6-4-5-7-12(11)10-13;1-11(2,3)10(12)9-7-5-4-6-8-9;1-10(2,3)8-4-6-9(11)7-5-8;1-6(2)8(10)12-9(11-5)7(3)4;1-9(2,3)7-5-4-6-11-8(7)10;1-5-10-7(4)11-8(9)6(2)3;1-5(2)6(7)9-4-8-3;2*1-5-6(2,3)4;1-5(2,3)4;2-1-3/h4-10H,1-3H3;4-10H,1-3H3;4-8H,1-3H3;4-7,11H,1-3H3;6-7,9H,1-5H3;7H,4-6H2,1-3H3;6-7H,5H2,1-4H3;5H,4H2,1-3H3;2*5H2,1-4H3;1-4H3;. The highest BCUT2D eigenvalue weighted by Crippen LogP contribution is 2.34. The van der Waals surface area contributed by atoms with Crippen molar-refractivity contribution in [2.45, 2.75) is 305 Å². The molecule has 0 bridgehead atoms. The average molecular weight is 1620 g/mol. The third-order valence-electron chi connectivity index (χ3n) is 16.5. The molecule has 0 radical (unpaired) electrons. The van der Waals surface area contributed by atoms with Gasteiger partial charge in [-0.05, 0) is 104 Å². The zero-order valence-electron chi connectivity index (χ0n) is 79.8. The fourth-order valence-corrected chi connectivity index (χ4v) is 8.49. The first kappa shape index (κ1) is 117. The highest BCUT2D eigenvalue weighted by Gasteiger charge is 2.34. The number of ether oxygens (including phenoxy) is 7. The number of aromatic hydroxyl groups is 1. The Hall–Kier alpha value is -7.88. The number of phenols is 1. The Balaban J connectivity index is -0.000000393. The quantitative estimate of drug-likeness (QED) is 0.0491. The lowest BCUT2D eigenvalue weighted by Crippen LogP contribution is -2.33. The molecule has 6 aromatic carbocycles. The summed E-state index contributed by atoms with van der Waals surface area (Å²) in [4.78, 5) is 84.1. The van der Waals surface area contributed by atoms with Crippen LogP contribution >= 0.6 is 0 Å². The molecular formula is C100H162O16. The van der Waals surface area contributed by atoms with Crippen molar-refractivity contribution in [1.29, 1.82) is 0 Å². The number of rotatable bonds is 13. The molecule has 3 unspecified atom stereocenters. The van der Waals surface area contributed by atoms with E-state index in [0.29, 0.717) is 35.2 Å². The van der Waals surface area contributed by atoms with Gasteiger partial charge in [-0.15, -0.1) is 0 Å². The van der Waals surface area contributed by atoms with E-state index in [1.165, 1.54) is 49.0 Å². The number of cyclic esters (lactones) is 1. The summed E-state index contributed by atoms with van der Waals surface area (Å²) in [6.45, 7) is 77.2. The summed E-state index contributed by atoms with van der Waals surface area (Å²) in [5, 5.41) is 13.8. The molecule has 0 amide bonds. The van der Waals surface area contributed by atoms with E-state index in [2.05, 4.69) is 197 Å². The maximum absolute atomic E-state index is 12.3. The van der Waals surface area contributed by atoms with E-state index in [-0.39, 0.29) is 105 Å². The summed E-state index contributed by atoms with van der Waals surface area (Å²) in [5.74, 6) is 0.112. The first-order valence-electron chi connectivity index (χ1n) is 41.2. The number of hydrogen-bond donors (Lipinski definition) is 1. The van der Waals surface area contributed by atoms with Crippen LogP contribution in [0.25, 0.3) is 21.5 Å². The third-order valence-corrected chi connectivity index (χ3v) is 16.5. The molecule has 16 heteroatoms. The second-order valence-electron chi connectivity index (χ2n) is 38.9. The van der Waals surface area contributed by atoms with Gasteiger partial charge in [-0.1, -0.05) is 383 Å². The smallest absolute Gasteiger partial charge is 0.373 e. The number of Topliss-reactive ketones (excluding diaryl/α,β-unsaturated/α-hetero) is 2. The maximum atomic E-state index is 12.3. The Morgan fingerprint density at radius 1 is 0.491 bits per heavy atom. The Labute approximate surface area is 705 Å². The van der Waals surface area contributed by atoms with Gasteiger partial charge in [0.25, 0.3) is 0 Å². The molecule has 116 heavy (non-hydrogen) atoms. The Kier molecular flexibility index (Phi) is 58.4. The fraction of sp³-hybridized carbons (Fsp3) is 0.610. The fourth-order valence-electron chi connectivity index (χ4n) is 8.49. The van der Waals surface area contributed by atoms with Crippen LogP contribution in [0.2, 0.25) is 0 Å². The lowest BCUT2D eigenvalue weighted by atomic mass is 9.77. The first-order valence-corrected chi connectivity index (χ1v) is 41.2. The average Bonchev–Trinajstić information content (AvgIpc) is 0.804. The summed E-state index contributed by atoms with van der Waals surface area (Å²) >= 11 is 0. The van der Waals surface area contributed by atoms with Crippen molar-refractivity contribution >= 4 is 63.1 Å². The Morgan fingerprint density at radius 3 is 1.25 bits per heavy atom. The van der Waals surface area contributed by atoms with Crippen LogP contribution in [0, 0.1) is 62.1 Å². The molecule has 1 saturated heterocycles. The monoisotopic (exact) mass is 1620 g/mol. The van der Waals surface area contributed by atoms with Gasteiger partial charge in [0.2, 0.25) is 6.29 Å². The first-order chi connectivity index (χ1) is 52.9. The molecule has 0 aromatic heterocycles. The maximum Gasteiger partial charge on any atom is 0.373 e. The van der Waals surface area contributed by atoms with E-state index in [0.717, 1.165) is 34.7 Å². The van der Waals surface area contributed by atoms with Crippen LogP contribution in [0.5, 0.6) is 5.75 Å². The second-order valence-corrected chi connectivity index (χ2v) is 38.9. The number of fused-ring (bicyclic) bond motifs is 2. The third kappa shape index (κ3) is 60.6. The molecule has 7 rings (SSSR count). The van der Waals surface area contributed by atoms with Crippen molar-refractivity contribution in [2.24, 2.45) is 62.1 Å². The minimum Gasteiger partial charge on any atom is -0.508 e. The SMILES string of the molecule is CC(C)(C)C.CC(C)(C)C(=O)c1cccc2ccccc12.CC(C)(C)C(=O)c1ccccc1.CC(C)(C)C1CCCOC1=O.CC(C)(C)c1ccc(O)cc1.CC(C)(C)c1ccc2ccccc2c1.CCC(C)(C)C.CCC(C)(C)C.CCOC(C)OC(=O)C(C)C.COC(OC(=O)C(C)C)C(C)C.COCOC(=O)C(C)C.O=C=O. The van der Waals surface area contributed by atoms with Crippen LogP contribution in [0.15, 0.2) is 140 Å². The van der Waals surface area contributed by atoms with E-state index in [1.807, 2.05) is 147 Å². The van der Waals surface area contributed by atoms with Crippen molar-refractivity contribution in [3.05, 3.63) is 162 Å². The van der Waals surface area contributed by atoms with E-state index >= 15 is 0 Å². The Morgan fingerprint density at radius 2 is 0.888 bits per heavy atom. The van der Waals surface area contributed by atoms with Gasteiger partial charge in [0.15, 0.2) is 24.6 Å². The molecule has 1 fully saturated rings. The zero-order chi connectivity index (χ0) is 91.6. The number of carbonyl (C=O) groups excluding carboxylic acids is 8. The molecule has 1 N–H and O–H groups in total. The Bertz CT molecular complexity index is 3640. The highest BCUT2D eigenvalue weighted by molar-refractivity contribution is 6.10. The summed E-state index contributed by atoms with van der Waals surface area (Å²) in [7, 11) is 3.02. The number of carbonyl (C=O) groups is 6. The predicted octanol–water partition coefficient (Wildman–Crippen LogP) is 26.3. The molecule has 658 valence electrons. The van der Waals surface area contributed by atoms with Crippen molar-refractivity contribution in [3.63, 3.8) is 0 Å². The van der Waals surface area contributed by atoms with E-state index < -0.39 is 12.6 Å². The van der Waals surface area contributed by atoms with Gasteiger partial charge in [0, 0.05) is 48.7 Å². The summed E-state index contributed by atoms with van der Waals surface area (Å²) in [6.07, 6.45) is 3.96. The van der Waals surface area contributed by atoms with Crippen LogP contribution in [-0.4, -0.2) is 93.5 Å².